The van der Waals surface area contributed by atoms with Gasteiger partial charge in [0.2, 0.25) is 11.9 Å². The fourth-order valence-corrected chi connectivity index (χ4v) is 5.59. The van der Waals surface area contributed by atoms with E-state index < -0.39 is 6.61 Å². The second-order valence-corrected chi connectivity index (χ2v) is 11.2. The Kier molecular flexibility index (Phi) is 7.97. The molecule has 15 nitrogen and oxygen atoms in total. The Bertz CT molecular complexity index is 1740. The Morgan fingerprint density at radius 2 is 1.82 bits per heavy atom. The summed E-state index contributed by atoms with van der Waals surface area (Å²) >= 11 is 0. The van der Waals surface area contributed by atoms with Gasteiger partial charge in [0.25, 0.3) is 5.91 Å². The lowest BCUT2D eigenvalue weighted by molar-refractivity contribution is -0.157. The zero-order valence-corrected chi connectivity index (χ0v) is 24.6. The van der Waals surface area contributed by atoms with E-state index in [1.807, 2.05) is 6.92 Å². The number of benzene rings is 2. The highest BCUT2D eigenvalue weighted by molar-refractivity contribution is 5.96. The molecule has 2 aliphatic heterocycles. The maximum atomic E-state index is 13.1. The van der Waals surface area contributed by atoms with Crippen LogP contribution in [0.3, 0.4) is 0 Å². The number of methoxy groups -OCH3 is 1. The third kappa shape index (κ3) is 6.08. The first-order chi connectivity index (χ1) is 21.8. The van der Waals surface area contributed by atoms with Crippen molar-refractivity contribution < 1.29 is 24.2 Å². The maximum Gasteiger partial charge on any atom is 0.254 e. The van der Waals surface area contributed by atoms with Gasteiger partial charge < -0.3 is 29.7 Å². The summed E-state index contributed by atoms with van der Waals surface area (Å²) in [6.45, 7) is 4.03. The number of aromatic nitrogens is 6. The summed E-state index contributed by atoms with van der Waals surface area (Å²) < 4.78 is 13.1. The molecule has 0 saturated carbocycles. The normalized spacial score (nSPS) is 15.4. The van der Waals surface area contributed by atoms with E-state index in [1.54, 1.807) is 63.3 Å². The van der Waals surface area contributed by atoms with Gasteiger partial charge in [0.15, 0.2) is 0 Å². The first-order valence-electron chi connectivity index (χ1n) is 14.2. The smallest absolute Gasteiger partial charge is 0.254 e. The van der Waals surface area contributed by atoms with Crippen molar-refractivity contribution in [3.63, 3.8) is 0 Å². The number of nitrogens with one attached hydrogen (secondary N) is 1. The molecule has 0 unspecified atom stereocenters. The van der Waals surface area contributed by atoms with Crippen LogP contribution in [0.15, 0.2) is 55.1 Å². The number of ether oxygens (including phenoxy) is 2. The molecule has 2 aromatic carbocycles. The van der Waals surface area contributed by atoms with Crippen LogP contribution in [-0.2, 0) is 11.3 Å². The van der Waals surface area contributed by atoms with E-state index in [4.69, 9.17) is 14.6 Å². The van der Waals surface area contributed by atoms with E-state index in [0.717, 1.165) is 11.1 Å². The second kappa shape index (κ2) is 12.2. The van der Waals surface area contributed by atoms with Gasteiger partial charge in [-0.3, -0.25) is 9.59 Å². The minimum absolute atomic E-state index is 0.0726. The highest BCUT2D eigenvalue weighted by atomic mass is 16.5. The molecule has 15 heteroatoms. The lowest BCUT2D eigenvalue weighted by Crippen LogP contribution is -2.73. The number of tetrazole rings is 1. The molecule has 0 radical (unpaired) electrons. The molecule has 1 spiro atoms. The second-order valence-electron chi connectivity index (χ2n) is 11.2. The Labute approximate surface area is 258 Å². The molecule has 4 heterocycles. The number of amides is 2. The summed E-state index contributed by atoms with van der Waals surface area (Å²) in [4.78, 5) is 37.0. The number of likely N-dealkylation sites (tertiary alicyclic amines) is 2. The minimum Gasteiger partial charge on any atom is -0.495 e. The first-order valence-corrected chi connectivity index (χ1v) is 14.2. The van der Waals surface area contributed by atoms with E-state index >= 15 is 0 Å². The number of nitriles is 1. The van der Waals surface area contributed by atoms with E-state index in [2.05, 4.69) is 36.9 Å². The molecule has 2 N–H and O–H groups in total. The number of carbonyl (C=O) groups is 2. The van der Waals surface area contributed by atoms with Gasteiger partial charge in [-0.25, -0.2) is 14.6 Å². The van der Waals surface area contributed by atoms with Crippen LogP contribution >= 0.6 is 0 Å². The molecule has 0 bridgehead atoms. The number of aliphatic hydroxyl groups excluding tert-OH is 1. The van der Waals surface area contributed by atoms with E-state index in [0.29, 0.717) is 67.0 Å². The van der Waals surface area contributed by atoms with Crippen LogP contribution in [0.4, 0.5) is 11.6 Å². The highest BCUT2D eigenvalue weighted by Gasteiger charge is 2.54. The predicted octanol–water partition coefficient (Wildman–Crippen LogP) is 1.50. The van der Waals surface area contributed by atoms with Crippen LogP contribution in [-0.4, -0.2) is 103 Å². The Morgan fingerprint density at radius 3 is 2.49 bits per heavy atom. The summed E-state index contributed by atoms with van der Waals surface area (Å²) in [7, 11) is 1.52. The standard InChI is InChI=1S/C30H30N10O5/c1-19(12-40-18-34-36-37-40)45-25-7-20(3-4-22(25)9-31)23-10-32-29(33-11-23)35-24-6-5-21(8-26(24)44-2)28(43)39-16-30(17-39)14-38(15-30)27(42)13-41/h3-8,10-11,18-19,41H,12-17H2,1-2H3,(H,32,33,35)/t19-/m0/s1. The summed E-state index contributed by atoms with van der Waals surface area (Å²) in [5.74, 6) is 0.810. The quantitative estimate of drug-likeness (QED) is 0.264. The summed E-state index contributed by atoms with van der Waals surface area (Å²) in [5, 5.41) is 32.8. The zero-order valence-electron chi connectivity index (χ0n) is 24.6. The predicted molar refractivity (Wildman–Crippen MR) is 158 cm³/mol. The first kappa shape index (κ1) is 29.5. The third-order valence-electron chi connectivity index (χ3n) is 7.83. The summed E-state index contributed by atoms with van der Waals surface area (Å²) in [6.07, 6.45) is 4.52. The molecule has 2 aromatic heterocycles. The molecule has 0 aliphatic carbocycles. The average molecular weight is 611 g/mol. The van der Waals surface area contributed by atoms with Gasteiger partial charge in [0.1, 0.15) is 36.6 Å². The number of hydrogen-bond donors (Lipinski definition) is 2. The van der Waals surface area contributed by atoms with Gasteiger partial charge in [0.05, 0.1) is 24.9 Å². The van der Waals surface area contributed by atoms with Crippen molar-refractivity contribution in [2.24, 2.45) is 5.41 Å². The Balaban J connectivity index is 1.09. The topological polar surface area (TPSA) is 185 Å². The summed E-state index contributed by atoms with van der Waals surface area (Å²) in [5.41, 5.74) is 2.89. The van der Waals surface area contributed by atoms with E-state index in [1.165, 1.54) is 13.4 Å². The number of rotatable bonds is 10. The maximum absolute atomic E-state index is 13.1. The minimum atomic E-state index is -0.494. The molecule has 6 rings (SSSR count). The van der Waals surface area contributed by atoms with Crippen LogP contribution in [0.2, 0.25) is 0 Å². The average Bonchev–Trinajstić information content (AvgIpc) is 3.52. The van der Waals surface area contributed by atoms with Crippen molar-refractivity contribution in [2.75, 3.05) is 45.2 Å². The van der Waals surface area contributed by atoms with Crippen LogP contribution < -0.4 is 14.8 Å². The van der Waals surface area contributed by atoms with Gasteiger partial charge in [-0.2, -0.15) is 5.26 Å². The van der Waals surface area contributed by atoms with Crippen molar-refractivity contribution in [1.82, 2.24) is 40.0 Å². The van der Waals surface area contributed by atoms with Crippen LogP contribution in [0.25, 0.3) is 11.1 Å². The Morgan fingerprint density at radius 1 is 1.07 bits per heavy atom. The molecular weight excluding hydrogens is 580 g/mol. The number of nitrogens with zero attached hydrogens (tertiary/aromatic N) is 9. The molecule has 2 aliphatic rings. The molecule has 4 aromatic rings. The SMILES string of the molecule is COc1cc(C(=O)N2CC3(CN(C(=O)CO)C3)C2)ccc1Nc1ncc(-c2ccc(C#N)c(O[C@@H](C)Cn3cnnn3)c2)cn1. The van der Waals surface area contributed by atoms with Gasteiger partial charge in [-0.05, 0) is 53.2 Å². The number of carbonyl (C=O) groups excluding carboxylic acids is 2. The number of anilines is 2. The molecule has 230 valence electrons. The zero-order chi connectivity index (χ0) is 31.6. The number of hydrogen-bond acceptors (Lipinski definition) is 12. The third-order valence-corrected chi connectivity index (χ3v) is 7.83. The fraction of sp³-hybridized carbons (Fsp3) is 0.333. The van der Waals surface area contributed by atoms with Crippen molar-refractivity contribution in [2.45, 2.75) is 19.6 Å². The van der Waals surface area contributed by atoms with E-state index in [-0.39, 0.29) is 23.3 Å². The Hall–Kier alpha value is -5.62. The molecule has 1 atom stereocenters. The lowest BCUT2D eigenvalue weighted by Gasteiger charge is -2.60. The van der Waals surface area contributed by atoms with Gasteiger partial charge in [-0.15, -0.1) is 5.10 Å². The van der Waals surface area contributed by atoms with Crippen molar-refractivity contribution in [3.05, 3.63) is 66.2 Å². The van der Waals surface area contributed by atoms with Gasteiger partial charge in [-0.1, -0.05) is 6.07 Å². The van der Waals surface area contributed by atoms with Crippen molar-refractivity contribution in [3.8, 4) is 28.7 Å². The number of aliphatic hydroxyl groups is 1. The molecule has 2 fully saturated rings. The summed E-state index contributed by atoms with van der Waals surface area (Å²) in [6, 6.07) is 12.5. The molecular formula is C30H30N10O5. The largest absolute Gasteiger partial charge is 0.495 e. The van der Waals surface area contributed by atoms with Gasteiger partial charge >= 0.3 is 0 Å². The van der Waals surface area contributed by atoms with Crippen molar-refractivity contribution >= 4 is 23.5 Å². The molecule has 2 saturated heterocycles. The van der Waals surface area contributed by atoms with Crippen LogP contribution in [0, 0.1) is 16.7 Å². The monoisotopic (exact) mass is 610 g/mol. The lowest BCUT2D eigenvalue weighted by atomic mass is 9.72. The van der Waals surface area contributed by atoms with E-state index in [9.17, 15) is 14.9 Å². The highest BCUT2D eigenvalue weighted by Crippen LogP contribution is 2.40. The van der Waals surface area contributed by atoms with Gasteiger partial charge in [0, 0.05) is 55.1 Å². The fourth-order valence-electron chi connectivity index (χ4n) is 5.59. The van der Waals surface area contributed by atoms with Crippen LogP contribution in [0.5, 0.6) is 11.5 Å². The van der Waals surface area contributed by atoms with Crippen molar-refractivity contribution in [1.29, 1.82) is 5.26 Å². The molecule has 45 heavy (non-hydrogen) atoms. The van der Waals surface area contributed by atoms with Crippen LogP contribution in [0.1, 0.15) is 22.8 Å². The molecule has 2 amide bonds.